The molecule has 0 bridgehead atoms. The van der Waals surface area contributed by atoms with Gasteiger partial charge >= 0.3 is 0 Å². The van der Waals surface area contributed by atoms with E-state index in [1.54, 1.807) is 30.6 Å². The van der Waals surface area contributed by atoms with Gasteiger partial charge in [-0.15, -0.1) is 0 Å². The number of pyridine rings is 1. The maximum atomic E-state index is 12.3. The van der Waals surface area contributed by atoms with Crippen molar-refractivity contribution in [2.45, 2.75) is 18.9 Å². The first-order valence-electron chi connectivity index (χ1n) is 8.66. The summed E-state index contributed by atoms with van der Waals surface area (Å²) in [6, 6.07) is 9.23. The van der Waals surface area contributed by atoms with Crippen LogP contribution in [0, 0.1) is 0 Å². The Labute approximate surface area is 149 Å². The van der Waals surface area contributed by atoms with Gasteiger partial charge < -0.3 is 10.6 Å². The van der Waals surface area contributed by atoms with Gasteiger partial charge in [0.05, 0.1) is 22.8 Å². The van der Waals surface area contributed by atoms with E-state index in [9.17, 15) is 9.59 Å². The summed E-state index contributed by atoms with van der Waals surface area (Å²) in [4.78, 5) is 28.6. The lowest BCUT2D eigenvalue weighted by atomic mass is 10.1. The molecule has 0 radical (unpaired) electrons. The topological polar surface area (TPSA) is 99.8 Å². The molecule has 3 N–H and O–H groups in total. The van der Waals surface area contributed by atoms with Crippen LogP contribution in [0.2, 0.25) is 0 Å². The number of amides is 1. The Balaban J connectivity index is 1.54. The molecule has 0 aliphatic carbocycles. The molecule has 1 fully saturated rings. The van der Waals surface area contributed by atoms with Gasteiger partial charge in [0.25, 0.3) is 11.5 Å². The number of rotatable bonds is 3. The van der Waals surface area contributed by atoms with Gasteiger partial charge in [0.2, 0.25) is 0 Å². The standard InChI is InChI=1S/C19H19N5O2/c25-18(23-15-2-1-7-20-11-15)14-5-6-17(21-9-14)12-3-4-13-10-22-24-19(26)16(13)8-12/h3-6,8-10,15,20H,1-2,7,11H2,(H,23,25)(H,24,26). The van der Waals surface area contributed by atoms with Crippen LogP contribution < -0.4 is 16.2 Å². The van der Waals surface area contributed by atoms with Crippen molar-refractivity contribution >= 4 is 16.7 Å². The Bertz CT molecular complexity index is 991. The van der Waals surface area contributed by atoms with Crippen LogP contribution in [0.4, 0.5) is 0 Å². The van der Waals surface area contributed by atoms with Gasteiger partial charge in [-0.25, -0.2) is 5.10 Å². The molecular formula is C19H19N5O2. The van der Waals surface area contributed by atoms with Crippen molar-refractivity contribution in [2.24, 2.45) is 0 Å². The van der Waals surface area contributed by atoms with Crippen LogP contribution in [0.1, 0.15) is 23.2 Å². The predicted molar refractivity (Wildman–Crippen MR) is 99.0 cm³/mol. The number of hydrogen-bond donors (Lipinski definition) is 3. The van der Waals surface area contributed by atoms with Gasteiger partial charge in [0.1, 0.15) is 0 Å². The zero-order chi connectivity index (χ0) is 17.9. The molecule has 4 rings (SSSR count). The molecule has 7 heteroatoms. The molecule has 1 aromatic carbocycles. The lowest BCUT2D eigenvalue weighted by Gasteiger charge is -2.23. The number of benzene rings is 1. The number of carbonyl (C=O) groups excluding carboxylic acids is 1. The second-order valence-corrected chi connectivity index (χ2v) is 6.45. The predicted octanol–water partition coefficient (Wildman–Crippen LogP) is 1.47. The summed E-state index contributed by atoms with van der Waals surface area (Å²) in [5, 5.41) is 13.9. The van der Waals surface area contributed by atoms with E-state index >= 15 is 0 Å². The van der Waals surface area contributed by atoms with Crippen LogP contribution in [-0.4, -0.2) is 40.2 Å². The van der Waals surface area contributed by atoms with E-state index in [1.807, 2.05) is 12.1 Å². The highest BCUT2D eigenvalue weighted by atomic mass is 16.1. The fourth-order valence-corrected chi connectivity index (χ4v) is 3.19. The zero-order valence-electron chi connectivity index (χ0n) is 14.2. The first kappa shape index (κ1) is 16.4. The van der Waals surface area contributed by atoms with Crippen molar-refractivity contribution in [2.75, 3.05) is 13.1 Å². The Morgan fingerprint density at radius 2 is 2.12 bits per heavy atom. The van der Waals surface area contributed by atoms with Gasteiger partial charge in [0.15, 0.2) is 0 Å². The van der Waals surface area contributed by atoms with Crippen LogP contribution in [0.3, 0.4) is 0 Å². The summed E-state index contributed by atoms with van der Waals surface area (Å²) in [5.74, 6) is -0.112. The van der Waals surface area contributed by atoms with Gasteiger partial charge in [-0.1, -0.05) is 12.1 Å². The van der Waals surface area contributed by atoms with Gasteiger partial charge in [-0.3, -0.25) is 14.6 Å². The van der Waals surface area contributed by atoms with E-state index in [1.165, 1.54) is 0 Å². The van der Waals surface area contributed by atoms with E-state index < -0.39 is 0 Å². The Kier molecular flexibility index (Phi) is 4.45. The molecule has 26 heavy (non-hydrogen) atoms. The van der Waals surface area contributed by atoms with Crippen LogP contribution >= 0.6 is 0 Å². The minimum Gasteiger partial charge on any atom is -0.348 e. The molecule has 1 aliphatic heterocycles. The summed E-state index contributed by atoms with van der Waals surface area (Å²) >= 11 is 0. The highest BCUT2D eigenvalue weighted by Crippen LogP contribution is 2.21. The van der Waals surface area contributed by atoms with Crippen molar-refractivity contribution in [1.82, 2.24) is 25.8 Å². The summed E-state index contributed by atoms with van der Waals surface area (Å²) < 4.78 is 0. The smallest absolute Gasteiger partial charge is 0.272 e. The quantitative estimate of drug-likeness (QED) is 0.665. The third-order valence-electron chi connectivity index (χ3n) is 4.62. The number of nitrogens with zero attached hydrogens (tertiary/aromatic N) is 2. The number of carbonyl (C=O) groups is 1. The minimum absolute atomic E-state index is 0.112. The molecule has 0 spiro atoms. The average molecular weight is 349 g/mol. The molecule has 1 aliphatic rings. The van der Waals surface area contributed by atoms with Gasteiger partial charge in [0, 0.05) is 29.7 Å². The minimum atomic E-state index is -0.235. The van der Waals surface area contributed by atoms with Crippen LogP contribution in [0.5, 0.6) is 0 Å². The molecule has 7 nitrogen and oxygen atoms in total. The summed E-state index contributed by atoms with van der Waals surface area (Å²) in [5.41, 5.74) is 1.82. The van der Waals surface area contributed by atoms with Crippen LogP contribution in [0.25, 0.3) is 22.0 Å². The van der Waals surface area contributed by atoms with Gasteiger partial charge in [-0.05, 0) is 37.6 Å². The number of H-pyrrole nitrogens is 1. The second-order valence-electron chi connectivity index (χ2n) is 6.45. The summed E-state index contributed by atoms with van der Waals surface area (Å²) in [7, 11) is 0. The maximum absolute atomic E-state index is 12.3. The maximum Gasteiger partial charge on any atom is 0.272 e. The Hall–Kier alpha value is -3.06. The third kappa shape index (κ3) is 3.34. The molecule has 1 amide bonds. The lowest BCUT2D eigenvalue weighted by molar-refractivity contribution is 0.0930. The number of piperidine rings is 1. The largest absolute Gasteiger partial charge is 0.348 e. The Morgan fingerprint density at radius 3 is 2.88 bits per heavy atom. The number of aromatic amines is 1. The number of nitrogens with one attached hydrogen (secondary N) is 3. The average Bonchev–Trinajstić information content (AvgIpc) is 2.69. The molecule has 1 atom stereocenters. The van der Waals surface area contributed by atoms with Crippen LogP contribution in [0.15, 0.2) is 47.5 Å². The van der Waals surface area contributed by atoms with Crippen LogP contribution in [-0.2, 0) is 0 Å². The number of aromatic nitrogens is 3. The van der Waals surface area contributed by atoms with Gasteiger partial charge in [-0.2, -0.15) is 5.10 Å². The molecule has 1 saturated heterocycles. The molecular weight excluding hydrogens is 330 g/mol. The summed E-state index contributed by atoms with van der Waals surface area (Å²) in [6.07, 6.45) is 5.24. The molecule has 2 aromatic heterocycles. The van der Waals surface area contributed by atoms with Crippen molar-refractivity contribution < 1.29 is 4.79 Å². The molecule has 0 saturated carbocycles. The molecule has 132 valence electrons. The first-order valence-corrected chi connectivity index (χ1v) is 8.66. The number of hydrogen-bond acceptors (Lipinski definition) is 5. The lowest BCUT2D eigenvalue weighted by Crippen LogP contribution is -2.45. The molecule has 3 aromatic rings. The van der Waals surface area contributed by atoms with Crippen molar-refractivity contribution in [1.29, 1.82) is 0 Å². The van der Waals surface area contributed by atoms with Crippen molar-refractivity contribution in [3.8, 4) is 11.3 Å². The highest BCUT2D eigenvalue weighted by Gasteiger charge is 2.16. The monoisotopic (exact) mass is 349 g/mol. The zero-order valence-corrected chi connectivity index (χ0v) is 14.2. The molecule has 1 unspecified atom stereocenters. The number of fused-ring (bicyclic) bond motifs is 1. The SMILES string of the molecule is O=C(NC1CCCNC1)c1ccc(-c2ccc3cn[nH]c(=O)c3c2)nc1. The fraction of sp³-hybridized carbons (Fsp3) is 0.263. The molecule has 3 heterocycles. The Morgan fingerprint density at radius 1 is 1.19 bits per heavy atom. The first-order chi connectivity index (χ1) is 12.7. The van der Waals surface area contributed by atoms with E-state index in [0.717, 1.165) is 36.9 Å². The highest BCUT2D eigenvalue weighted by molar-refractivity contribution is 5.94. The van der Waals surface area contributed by atoms with E-state index in [4.69, 9.17) is 0 Å². The summed E-state index contributed by atoms with van der Waals surface area (Å²) in [6.45, 7) is 1.81. The van der Waals surface area contributed by atoms with Crippen molar-refractivity contribution in [3.05, 3.63) is 58.6 Å². The fourth-order valence-electron chi connectivity index (χ4n) is 3.19. The normalized spacial score (nSPS) is 17.2. The van der Waals surface area contributed by atoms with Crippen molar-refractivity contribution in [3.63, 3.8) is 0 Å². The second kappa shape index (κ2) is 7.05. The van der Waals surface area contributed by atoms with E-state index in [2.05, 4.69) is 25.8 Å². The third-order valence-corrected chi connectivity index (χ3v) is 4.62. The van der Waals surface area contributed by atoms with E-state index in [0.29, 0.717) is 16.6 Å². The van der Waals surface area contributed by atoms with E-state index in [-0.39, 0.29) is 17.5 Å².